The van der Waals surface area contributed by atoms with E-state index in [0.29, 0.717) is 69.0 Å². The van der Waals surface area contributed by atoms with Crippen LogP contribution in [0, 0.1) is 5.92 Å². The summed E-state index contributed by atoms with van der Waals surface area (Å²) in [6.45, 7) is 5.58. The van der Waals surface area contributed by atoms with Crippen molar-refractivity contribution >= 4 is 51.8 Å². The third kappa shape index (κ3) is 8.14. The maximum atomic E-state index is 14.4. The number of aryl methyl sites for hydroxylation is 2. The van der Waals surface area contributed by atoms with Gasteiger partial charge in [-0.1, -0.05) is 12.1 Å². The Morgan fingerprint density at radius 1 is 1.03 bits per heavy atom. The quantitative estimate of drug-likeness (QED) is 0.182. The fraction of sp³-hybridized carbons (Fsp3) is 0.574. The number of halogens is 2. The minimum Gasteiger partial charge on any atom is -0.374 e. The second-order valence-corrected chi connectivity index (χ2v) is 19.5. The molecule has 2 N–H and O–H groups in total. The number of hydrogen-bond acceptors (Lipinski definition) is 12. The molecule has 1 aliphatic carbocycles. The number of likely N-dealkylation sites (tertiary alicyclic amines) is 1. The largest absolute Gasteiger partial charge is 0.374 e. The topological polar surface area (TPSA) is 195 Å². The van der Waals surface area contributed by atoms with Crippen molar-refractivity contribution in [3.8, 4) is 0 Å². The molecule has 1 aromatic carbocycles. The number of rotatable bonds is 11. The monoisotopic (exact) mass is 938 g/mol. The first kappa shape index (κ1) is 44.4. The SMILES string of the molecule is Cn1c(=O)n(C2CCC(=O)NC2=O)c2cccc(CCCN3CCOC4(CCN(C(=O)[C@H]5CC[C@H](n6cc(NC(=O)c7cnn8ccc(N9C[C@H]%10C[C@@H]9CO%10)nc78)c(C(F)F)n6)CC5)CC4)C3)c21. The number of benzene rings is 1. The van der Waals surface area contributed by atoms with Crippen LogP contribution in [-0.2, 0) is 37.3 Å². The van der Waals surface area contributed by atoms with E-state index in [1.54, 1.807) is 17.8 Å². The lowest BCUT2D eigenvalue weighted by molar-refractivity contribution is -0.154. The molecule has 21 heteroatoms. The molecule has 3 atom stereocenters. The summed E-state index contributed by atoms with van der Waals surface area (Å²) in [4.78, 5) is 76.7. The number of imidazole rings is 1. The minimum atomic E-state index is -2.92. The van der Waals surface area contributed by atoms with Gasteiger partial charge in [-0.15, -0.1) is 0 Å². The summed E-state index contributed by atoms with van der Waals surface area (Å²) in [5.41, 5.74) is 1.82. The lowest BCUT2D eigenvalue weighted by Crippen LogP contribution is -2.58. The zero-order chi connectivity index (χ0) is 46.8. The summed E-state index contributed by atoms with van der Waals surface area (Å²) in [5.74, 6) is -0.717. The number of ether oxygens (including phenoxy) is 2. The summed E-state index contributed by atoms with van der Waals surface area (Å²) < 4.78 is 47.1. The van der Waals surface area contributed by atoms with E-state index in [0.717, 1.165) is 69.4 Å². The van der Waals surface area contributed by atoms with E-state index in [1.807, 2.05) is 29.2 Å². The molecule has 1 saturated carbocycles. The highest BCUT2D eigenvalue weighted by Crippen LogP contribution is 2.38. The number of imide groups is 1. The highest BCUT2D eigenvalue weighted by atomic mass is 19.3. The molecular formula is C47H56F2N12O7. The van der Waals surface area contributed by atoms with Gasteiger partial charge in [0.15, 0.2) is 11.3 Å². The molecular weight excluding hydrogens is 883 g/mol. The van der Waals surface area contributed by atoms with Crippen LogP contribution in [0.5, 0.6) is 0 Å². The Morgan fingerprint density at radius 2 is 1.85 bits per heavy atom. The second kappa shape index (κ2) is 17.8. The molecule has 19 nitrogen and oxygen atoms in total. The zero-order valence-electron chi connectivity index (χ0n) is 38.0. The average Bonchev–Trinajstić information content (AvgIpc) is 4.19. The number of aromatic nitrogens is 7. The molecule has 2 bridgehead atoms. The van der Waals surface area contributed by atoms with Crippen molar-refractivity contribution < 1.29 is 37.4 Å². The molecule has 1 spiro atoms. The molecule has 1 unspecified atom stereocenters. The van der Waals surface area contributed by atoms with Crippen LogP contribution in [0.4, 0.5) is 20.3 Å². The van der Waals surface area contributed by atoms with E-state index < -0.39 is 30.0 Å². The van der Waals surface area contributed by atoms with Crippen molar-refractivity contribution in [1.29, 1.82) is 0 Å². The molecule has 5 saturated heterocycles. The molecule has 6 aliphatic rings. The molecule has 5 aromatic rings. The number of piperidine rings is 2. The molecule has 11 rings (SSSR count). The predicted molar refractivity (Wildman–Crippen MR) is 242 cm³/mol. The van der Waals surface area contributed by atoms with Crippen LogP contribution in [0.2, 0.25) is 0 Å². The molecule has 4 amide bonds. The van der Waals surface area contributed by atoms with Gasteiger partial charge in [0.05, 0.1) is 59.9 Å². The van der Waals surface area contributed by atoms with E-state index in [1.165, 1.54) is 26.2 Å². The van der Waals surface area contributed by atoms with E-state index in [2.05, 4.69) is 30.6 Å². The van der Waals surface area contributed by atoms with E-state index in [4.69, 9.17) is 14.5 Å². The van der Waals surface area contributed by atoms with Gasteiger partial charge in [-0.25, -0.2) is 23.1 Å². The summed E-state index contributed by atoms with van der Waals surface area (Å²) in [6, 6.07) is 6.95. The van der Waals surface area contributed by atoms with Crippen LogP contribution in [0.1, 0.15) is 104 Å². The van der Waals surface area contributed by atoms with Crippen molar-refractivity contribution in [2.24, 2.45) is 13.0 Å². The van der Waals surface area contributed by atoms with E-state index >= 15 is 0 Å². The number of alkyl halides is 2. The van der Waals surface area contributed by atoms with Gasteiger partial charge >= 0.3 is 5.69 Å². The second-order valence-electron chi connectivity index (χ2n) is 19.5. The van der Waals surface area contributed by atoms with Gasteiger partial charge < -0.3 is 24.6 Å². The number of para-hydroxylation sites is 1. The summed E-state index contributed by atoms with van der Waals surface area (Å²) in [5, 5.41) is 13.6. The molecule has 9 heterocycles. The fourth-order valence-electron chi connectivity index (χ4n) is 11.7. The van der Waals surface area contributed by atoms with Crippen LogP contribution in [-0.4, -0.2) is 137 Å². The van der Waals surface area contributed by atoms with Gasteiger partial charge in [-0.3, -0.25) is 43.2 Å². The number of anilines is 2. The Hall–Kier alpha value is -6.06. The number of hydrogen-bond donors (Lipinski definition) is 2. The third-order valence-electron chi connectivity index (χ3n) is 15.4. The Kier molecular flexibility index (Phi) is 11.6. The van der Waals surface area contributed by atoms with Gasteiger partial charge in [0.2, 0.25) is 17.7 Å². The Bertz CT molecular complexity index is 2840. The smallest absolute Gasteiger partial charge is 0.329 e. The molecule has 68 heavy (non-hydrogen) atoms. The first-order valence-electron chi connectivity index (χ1n) is 24.0. The lowest BCUT2D eigenvalue weighted by Gasteiger charge is -2.48. The third-order valence-corrected chi connectivity index (χ3v) is 15.4. The number of carbonyl (C=O) groups excluding carboxylic acids is 4. The summed E-state index contributed by atoms with van der Waals surface area (Å²) >= 11 is 0. The highest BCUT2D eigenvalue weighted by molar-refractivity contribution is 6.08. The fourth-order valence-corrected chi connectivity index (χ4v) is 11.7. The van der Waals surface area contributed by atoms with E-state index in [-0.39, 0.29) is 71.3 Å². The normalized spacial score (nSPS) is 25.3. The van der Waals surface area contributed by atoms with E-state index in [9.17, 15) is 32.8 Å². The number of amides is 4. The Balaban J connectivity index is 0.668. The maximum absolute atomic E-state index is 14.4. The van der Waals surface area contributed by atoms with Crippen molar-refractivity contribution in [2.75, 3.05) is 62.7 Å². The predicted octanol–water partition coefficient (Wildman–Crippen LogP) is 3.78. The molecule has 360 valence electrons. The number of nitrogens with zero attached hydrogens (tertiary/aromatic N) is 10. The van der Waals surface area contributed by atoms with Crippen LogP contribution in [0.25, 0.3) is 16.7 Å². The average molecular weight is 939 g/mol. The van der Waals surface area contributed by atoms with Crippen LogP contribution < -0.4 is 21.2 Å². The summed E-state index contributed by atoms with van der Waals surface area (Å²) in [7, 11) is 1.73. The molecule has 4 aromatic heterocycles. The Morgan fingerprint density at radius 3 is 2.60 bits per heavy atom. The lowest BCUT2D eigenvalue weighted by atomic mass is 9.83. The van der Waals surface area contributed by atoms with Crippen molar-refractivity contribution in [3.63, 3.8) is 0 Å². The van der Waals surface area contributed by atoms with Gasteiger partial charge in [0.25, 0.3) is 12.3 Å². The van der Waals surface area contributed by atoms with Gasteiger partial charge in [-0.2, -0.15) is 10.2 Å². The standard InChI is InChI=1S/C47H56F2N12O7/c1-55-40-28(4-2-6-35(40)61(46(55)66)36-11-12-38(62)53-44(36)64)5-3-16-56-20-21-68-47(27-56)14-18-57(19-15-47)45(65)29-7-9-30(10-8-29)60-25-34(39(54-60)41(48)49)51-43(63)33-23-50-59-17-13-37(52-42(33)59)58-24-32-22-31(58)26-67-32/h2,4,6,13,17,23,25,29-32,36,41H,3,5,7-12,14-16,18-22,24,26-27H2,1H3,(H,51,63)(H,53,62,64)/t29-,30-,31-,32-,36?/m1/s1. The number of carbonyl (C=O) groups is 4. The zero-order valence-corrected chi connectivity index (χ0v) is 38.0. The maximum Gasteiger partial charge on any atom is 0.329 e. The minimum absolute atomic E-state index is 0.0663. The van der Waals surface area contributed by atoms with Crippen LogP contribution in [0.15, 0.2) is 47.7 Å². The first-order chi connectivity index (χ1) is 32.9. The van der Waals surface area contributed by atoms with Crippen LogP contribution >= 0.6 is 0 Å². The first-order valence-corrected chi connectivity index (χ1v) is 24.0. The van der Waals surface area contributed by atoms with Crippen LogP contribution in [0.3, 0.4) is 0 Å². The summed E-state index contributed by atoms with van der Waals surface area (Å²) in [6.07, 6.45) is 8.70. The highest BCUT2D eigenvalue weighted by Gasteiger charge is 2.43. The van der Waals surface area contributed by atoms with Crippen molar-refractivity contribution in [2.45, 2.75) is 107 Å². The van der Waals surface area contributed by atoms with Crippen molar-refractivity contribution in [3.05, 3.63) is 70.2 Å². The number of fused-ring (bicyclic) bond motifs is 4. The van der Waals surface area contributed by atoms with Gasteiger partial charge in [0.1, 0.15) is 17.4 Å². The molecule has 0 radical (unpaired) electrons. The number of nitrogens with one attached hydrogen (secondary N) is 2. The molecule has 6 fully saturated rings. The van der Waals surface area contributed by atoms with Gasteiger partial charge in [-0.05, 0) is 88.4 Å². The Labute approximate surface area is 389 Å². The number of morpholine rings is 2. The van der Waals surface area contributed by atoms with Gasteiger partial charge in [0, 0.05) is 64.5 Å². The molecule has 5 aliphatic heterocycles. The van der Waals surface area contributed by atoms with Crippen molar-refractivity contribution in [1.82, 2.24) is 48.6 Å².